The van der Waals surface area contributed by atoms with Crippen LogP contribution in [0.25, 0.3) is 22.2 Å². The zero-order valence-electron chi connectivity index (χ0n) is 22.8. The van der Waals surface area contributed by atoms with Gasteiger partial charge in [0.15, 0.2) is 5.82 Å². The van der Waals surface area contributed by atoms with Gasteiger partial charge in [0.25, 0.3) is 0 Å². The van der Waals surface area contributed by atoms with Gasteiger partial charge >= 0.3 is 6.01 Å². The fourth-order valence-corrected chi connectivity index (χ4v) is 6.30. The Labute approximate surface area is 233 Å². The van der Waals surface area contributed by atoms with E-state index in [0.717, 1.165) is 36.9 Å². The highest BCUT2D eigenvalue weighted by Crippen LogP contribution is 2.45. The number of methoxy groups -OCH3 is 1. The maximum atomic E-state index is 15.8. The molecule has 1 aliphatic carbocycles. The van der Waals surface area contributed by atoms with Crippen LogP contribution in [0.15, 0.2) is 30.5 Å². The Hall–Kier alpha value is -3.42. The first-order valence-corrected chi connectivity index (χ1v) is 14.3. The van der Waals surface area contributed by atoms with Gasteiger partial charge in [0.1, 0.15) is 23.2 Å². The van der Waals surface area contributed by atoms with Crippen molar-refractivity contribution < 1.29 is 13.5 Å². The van der Waals surface area contributed by atoms with Crippen LogP contribution in [0.5, 0.6) is 6.01 Å². The van der Waals surface area contributed by atoms with E-state index in [1.807, 2.05) is 23.1 Å². The van der Waals surface area contributed by atoms with Gasteiger partial charge in [-0.3, -0.25) is 9.88 Å². The van der Waals surface area contributed by atoms with Gasteiger partial charge < -0.3 is 15.0 Å². The van der Waals surface area contributed by atoms with Gasteiger partial charge in [0.2, 0.25) is 0 Å². The van der Waals surface area contributed by atoms with Crippen molar-refractivity contribution >= 4 is 16.7 Å². The van der Waals surface area contributed by atoms with Crippen LogP contribution < -0.4 is 15.0 Å². The Morgan fingerprint density at radius 3 is 2.77 bits per heavy atom. The Morgan fingerprint density at radius 1 is 1.15 bits per heavy atom. The second-order valence-electron chi connectivity index (χ2n) is 11.2. The van der Waals surface area contributed by atoms with Gasteiger partial charge in [-0.2, -0.15) is 15.2 Å². The molecule has 0 spiro atoms. The molecule has 3 unspecified atom stereocenters. The molecule has 4 fully saturated rings. The summed E-state index contributed by atoms with van der Waals surface area (Å²) < 4.78 is 33.7. The molecule has 3 aliphatic heterocycles. The van der Waals surface area contributed by atoms with E-state index in [9.17, 15) is 4.39 Å². The van der Waals surface area contributed by atoms with Gasteiger partial charge in [0.05, 0.1) is 25.0 Å². The quantitative estimate of drug-likeness (QED) is 0.496. The lowest BCUT2D eigenvalue weighted by Gasteiger charge is -2.34. The summed E-state index contributed by atoms with van der Waals surface area (Å²) in [4.78, 5) is 17.7. The molecule has 5 heterocycles. The minimum atomic E-state index is -0.518. The van der Waals surface area contributed by atoms with E-state index >= 15 is 4.39 Å². The van der Waals surface area contributed by atoms with Gasteiger partial charge in [-0.25, -0.2) is 8.78 Å². The summed E-state index contributed by atoms with van der Waals surface area (Å²) in [6.45, 7) is 3.85. The van der Waals surface area contributed by atoms with E-state index in [4.69, 9.17) is 10.00 Å². The minimum absolute atomic E-state index is 0.0252. The van der Waals surface area contributed by atoms with Crippen molar-refractivity contribution in [2.45, 2.75) is 62.7 Å². The number of fused-ring (bicyclic) bond motifs is 2. The van der Waals surface area contributed by atoms with Crippen LogP contribution in [0.4, 0.5) is 14.6 Å². The van der Waals surface area contributed by atoms with Crippen molar-refractivity contribution in [3.63, 3.8) is 0 Å². The van der Waals surface area contributed by atoms with E-state index in [2.05, 4.69) is 37.3 Å². The lowest BCUT2D eigenvalue weighted by Crippen LogP contribution is -2.51. The molecule has 1 N–H and O–H groups in total. The predicted octanol–water partition coefficient (Wildman–Crippen LogP) is 4.60. The molecule has 0 radical (unpaired) electrons. The van der Waals surface area contributed by atoms with Crippen molar-refractivity contribution in [2.75, 3.05) is 44.7 Å². The van der Waals surface area contributed by atoms with Crippen molar-refractivity contribution in [3.8, 4) is 23.3 Å². The van der Waals surface area contributed by atoms with Crippen molar-refractivity contribution in [1.29, 1.82) is 5.26 Å². The summed E-state index contributed by atoms with van der Waals surface area (Å²) in [5, 5.41) is 12.9. The fraction of sp³-hybridized carbons (Fsp3) is 0.533. The zero-order chi connectivity index (χ0) is 27.6. The van der Waals surface area contributed by atoms with E-state index in [1.165, 1.54) is 20.0 Å². The second-order valence-corrected chi connectivity index (χ2v) is 11.2. The van der Waals surface area contributed by atoms with Gasteiger partial charge in [-0.05, 0) is 50.1 Å². The molecular formula is C30H35F2N7O. The average molecular weight is 548 g/mol. The summed E-state index contributed by atoms with van der Waals surface area (Å²) in [5.74, 6) is 0.595. The standard InChI is InChI=1S/C23H23FN6O.C7H12FN/c1-31-23-28-21-18(22(29-23)30-11-10-26-15(13-30)8-9-25)12-27-20(19(21)24)17-5-3-2-4-16(17)14-6-7-14;8-6-4-7-2-1-3-9(7)5-6/h2-5,12,14-15,26H,6-8,10-11,13H2,1H3;6-7H,1-5H2. The molecule has 3 aromatic rings. The summed E-state index contributed by atoms with van der Waals surface area (Å²) >= 11 is 0. The van der Waals surface area contributed by atoms with E-state index < -0.39 is 12.0 Å². The van der Waals surface area contributed by atoms with Crippen LogP contribution in [0.3, 0.4) is 0 Å². The van der Waals surface area contributed by atoms with Crippen molar-refractivity contribution in [1.82, 2.24) is 25.2 Å². The third-order valence-corrected chi connectivity index (χ3v) is 8.41. The first-order valence-electron chi connectivity index (χ1n) is 14.3. The molecule has 3 atom stereocenters. The molecule has 1 saturated carbocycles. The number of hydrogen-bond donors (Lipinski definition) is 1. The third kappa shape index (κ3) is 5.45. The number of piperazine rings is 1. The highest BCUT2D eigenvalue weighted by molar-refractivity contribution is 5.92. The highest BCUT2D eigenvalue weighted by atomic mass is 19.1. The topological polar surface area (TPSA) is 90.2 Å². The number of nitrogens with one attached hydrogen (secondary N) is 1. The van der Waals surface area contributed by atoms with Crippen LogP contribution in [0.2, 0.25) is 0 Å². The summed E-state index contributed by atoms with van der Waals surface area (Å²) in [7, 11) is 1.48. The lowest BCUT2D eigenvalue weighted by atomic mass is 9.99. The maximum absolute atomic E-state index is 15.8. The number of anilines is 1. The highest BCUT2D eigenvalue weighted by Gasteiger charge is 2.35. The largest absolute Gasteiger partial charge is 0.467 e. The number of aromatic nitrogens is 3. The SMILES string of the molecule is COc1nc(N2CCNC(CC#N)C2)c2cnc(-c3ccccc3C3CC3)c(F)c2n1.FC1CC2CCCN2C1. The molecule has 0 amide bonds. The number of pyridine rings is 1. The number of nitrogens with zero attached hydrogens (tertiary/aromatic N) is 6. The predicted molar refractivity (Wildman–Crippen MR) is 150 cm³/mol. The number of halogens is 2. The Bertz CT molecular complexity index is 1400. The molecule has 210 valence electrons. The third-order valence-electron chi connectivity index (χ3n) is 8.41. The summed E-state index contributed by atoms with van der Waals surface area (Å²) in [6, 6.07) is 10.8. The summed E-state index contributed by atoms with van der Waals surface area (Å²) in [6.07, 6.45) is 7.12. The number of hydrogen-bond acceptors (Lipinski definition) is 8. The number of rotatable bonds is 5. The Kier molecular flexibility index (Phi) is 7.76. The van der Waals surface area contributed by atoms with Crippen LogP contribution in [0, 0.1) is 17.1 Å². The Balaban J connectivity index is 0.000000271. The zero-order valence-corrected chi connectivity index (χ0v) is 22.8. The van der Waals surface area contributed by atoms with Crippen LogP contribution in [-0.4, -0.2) is 77.9 Å². The van der Waals surface area contributed by atoms with Crippen LogP contribution in [-0.2, 0) is 0 Å². The monoisotopic (exact) mass is 547 g/mol. The smallest absolute Gasteiger partial charge is 0.318 e. The van der Waals surface area contributed by atoms with E-state index in [0.29, 0.717) is 61.5 Å². The molecular weight excluding hydrogens is 512 g/mol. The molecule has 7 rings (SSSR count). The first kappa shape index (κ1) is 26.8. The van der Waals surface area contributed by atoms with Gasteiger partial charge in [0, 0.05) is 50.0 Å². The number of nitriles is 1. The Morgan fingerprint density at radius 2 is 2.00 bits per heavy atom. The lowest BCUT2D eigenvalue weighted by molar-refractivity contribution is 0.292. The minimum Gasteiger partial charge on any atom is -0.467 e. The normalized spacial score (nSPS) is 24.4. The molecule has 4 aliphatic rings. The first-order chi connectivity index (χ1) is 19.6. The number of ether oxygens (including phenoxy) is 1. The molecule has 8 nitrogen and oxygen atoms in total. The number of alkyl halides is 1. The van der Waals surface area contributed by atoms with E-state index in [-0.39, 0.29) is 17.6 Å². The van der Waals surface area contributed by atoms with E-state index in [1.54, 1.807) is 6.20 Å². The molecule has 0 bridgehead atoms. The molecule has 2 aromatic heterocycles. The molecule has 3 saturated heterocycles. The van der Waals surface area contributed by atoms with Crippen molar-refractivity contribution in [2.24, 2.45) is 0 Å². The van der Waals surface area contributed by atoms with Crippen molar-refractivity contribution in [3.05, 3.63) is 41.8 Å². The van der Waals surface area contributed by atoms with Crippen LogP contribution >= 0.6 is 0 Å². The molecule has 10 heteroatoms. The van der Waals surface area contributed by atoms with Gasteiger partial charge in [-0.1, -0.05) is 24.3 Å². The second kappa shape index (κ2) is 11.6. The van der Waals surface area contributed by atoms with Crippen LogP contribution in [0.1, 0.15) is 50.0 Å². The molecule has 40 heavy (non-hydrogen) atoms. The maximum Gasteiger partial charge on any atom is 0.318 e. The fourth-order valence-electron chi connectivity index (χ4n) is 6.30. The number of benzene rings is 1. The van der Waals surface area contributed by atoms with Gasteiger partial charge in [-0.15, -0.1) is 0 Å². The average Bonchev–Trinajstić information content (AvgIpc) is 3.64. The molecule has 1 aromatic carbocycles. The summed E-state index contributed by atoms with van der Waals surface area (Å²) in [5.41, 5.74) is 2.47.